The number of hydrogen-bond donors (Lipinski definition) is 1. The zero-order chi connectivity index (χ0) is 12.5. The van der Waals surface area contributed by atoms with Gasteiger partial charge in [-0.2, -0.15) is 0 Å². The van der Waals surface area contributed by atoms with Gasteiger partial charge in [0.15, 0.2) is 0 Å². The fraction of sp³-hybridized carbons (Fsp3) is 0.923. The van der Waals surface area contributed by atoms with Gasteiger partial charge in [-0.3, -0.25) is 4.79 Å². The van der Waals surface area contributed by atoms with Crippen LogP contribution < -0.4 is 0 Å². The molecule has 0 aromatic carbocycles. The highest BCUT2D eigenvalue weighted by molar-refractivity contribution is 5.66. The van der Waals surface area contributed by atoms with Crippen molar-refractivity contribution in [2.45, 2.75) is 38.5 Å². The standard InChI is InChI=1S/C13H25NO3/c1-17-10-3-2-8-14-9-4-5-12(11-14)6-7-13(15)16/h12H,2-11H2,1H3,(H,15,16). The number of likely N-dealkylation sites (tertiary alicyclic amines) is 1. The number of hydrogen-bond acceptors (Lipinski definition) is 3. The van der Waals surface area contributed by atoms with E-state index in [1.54, 1.807) is 7.11 Å². The van der Waals surface area contributed by atoms with Crippen molar-refractivity contribution in [2.75, 3.05) is 33.4 Å². The van der Waals surface area contributed by atoms with Crippen LogP contribution in [0.4, 0.5) is 0 Å². The van der Waals surface area contributed by atoms with Gasteiger partial charge in [0.1, 0.15) is 0 Å². The molecule has 1 rings (SSSR count). The van der Waals surface area contributed by atoms with Crippen LogP contribution in [0, 0.1) is 5.92 Å². The number of ether oxygens (including phenoxy) is 1. The monoisotopic (exact) mass is 243 g/mol. The molecule has 4 nitrogen and oxygen atoms in total. The zero-order valence-corrected chi connectivity index (χ0v) is 10.9. The third-order valence-corrected chi connectivity index (χ3v) is 3.44. The van der Waals surface area contributed by atoms with E-state index in [0.717, 1.165) is 32.5 Å². The van der Waals surface area contributed by atoms with Crippen molar-refractivity contribution >= 4 is 5.97 Å². The van der Waals surface area contributed by atoms with Gasteiger partial charge in [0.05, 0.1) is 0 Å². The van der Waals surface area contributed by atoms with Gasteiger partial charge in [0, 0.05) is 26.7 Å². The fourth-order valence-electron chi connectivity index (χ4n) is 2.50. The number of aliphatic carboxylic acids is 1. The number of rotatable bonds is 8. The smallest absolute Gasteiger partial charge is 0.303 e. The number of unbranched alkanes of at least 4 members (excludes halogenated alkanes) is 1. The zero-order valence-electron chi connectivity index (χ0n) is 10.9. The Kier molecular flexibility index (Phi) is 7.21. The lowest BCUT2D eigenvalue weighted by molar-refractivity contribution is -0.137. The van der Waals surface area contributed by atoms with E-state index >= 15 is 0 Å². The Morgan fingerprint density at radius 3 is 3.00 bits per heavy atom. The van der Waals surface area contributed by atoms with E-state index in [0.29, 0.717) is 12.3 Å². The Hall–Kier alpha value is -0.610. The first-order valence-corrected chi connectivity index (χ1v) is 6.65. The first-order chi connectivity index (χ1) is 8.22. The molecule has 0 aromatic rings. The maximum absolute atomic E-state index is 10.5. The van der Waals surface area contributed by atoms with E-state index in [4.69, 9.17) is 9.84 Å². The van der Waals surface area contributed by atoms with Gasteiger partial charge in [-0.15, -0.1) is 0 Å². The summed E-state index contributed by atoms with van der Waals surface area (Å²) in [6, 6.07) is 0. The highest BCUT2D eigenvalue weighted by atomic mass is 16.5. The highest BCUT2D eigenvalue weighted by Crippen LogP contribution is 2.21. The van der Waals surface area contributed by atoms with Crippen molar-refractivity contribution in [3.8, 4) is 0 Å². The molecular weight excluding hydrogens is 218 g/mol. The predicted molar refractivity (Wildman–Crippen MR) is 67.1 cm³/mol. The summed E-state index contributed by atoms with van der Waals surface area (Å²) in [5, 5.41) is 8.68. The van der Waals surface area contributed by atoms with E-state index in [9.17, 15) is 4.79 Å². The Bertz CT molecular complexity index is 221. The number of carbonyl (C=O) groups is 1. The van der Waals surface area contributed by atoms with Gasteiger partial charge in [0.25, 0.3) is 0 Å². The van der Waals surface area contributed by atoms with Crippen LogP contribution in [0.5, 0.6) is 0 Å². The molecule has 100 valence electrons. The molecule has 0 bridgehead atoms. The molecule has 1 unspecified atom stereocenters. The molecule has 1 fully saturated rings. The Labute approximate surface area is 104 Å². The molecule has 0 radical (unpaired) electrons. The van der Waals surface area contributed by atoms with Gasteiger partial charge in [0.2, 0.25) is 0 Å². The summed E-state index contributed by atoms with van der Waals surface area (Å²) in [7, 11) is 1.74. The molecule has 1 N–H and O–H groups in total. The molecule has 1 atom stereocenters. The first kappa shape index (κ1) is 14.5. The van der Waals surface area contributed by atoms with Crippen LogP contribution in [-0.2, 0) is 9.53 Å². The van der Waals surface area contributed by atoms with Crippen LogP contribution in [0.15, 0.2) is 0 Å². The predicted octanol–water partition coefficient (Wildman–Crippen LogP) is 1.99. The molecular formula is C13H25NO3. The summed E-state index contributed by atoms with van der Waals surface area (Å²) in [6.45, 7) is 4.24. The fourth-order valence-corrected chi connectivity index (χ4v) is 2.50. The normalized spacial score (nSPS) is 21.6. The lowest BCUT2D eigenvalue weighted by Crippen LogP contribution is -2.36. The average molecular weight is 243 g/mol. The quantitative estimate of drug-likeness (QED) is 0.662. The first-order valence-electron chi connectivity index (χ1n) is 6.65. The number of methoxy groups -OCH3 is 1. The molecule has 1 aliphatic heterocycles. The van der Waals surface area contributed by atoms with Crippen molar-refractivity contribution in [1.82, 2.24) is 4.90 Å². The second kappa shape index (κ2) is 8.48. The number of carboxylic acid groups (broad SMARTS) is 1. The molecule has 0 saturated carbocycles. The maximum Gasteiger partial charge on any atom is 0.303 e. The van der Waals surface area contributed by atoms with E-state index in [1.807, 2.05) is 0 Å². The molecule has 1 saturated heterocycles. The topological polar surface area (TPSA) is 49.8 Å². The van der Waals surface area contributed by atoms with Crippen LogP contribution in [0.3, 0.4) is 0 Å². The van der Waals surface area contributed by atoms with Crippen molar-refractivity contribution < 1.29 is 14.6 Å². The number of nitrogens with zero attached hydrogens (tertiary/aromatic N) is 1. The third-order valence-electron chi connectivity index (χ3n) is 3.44. The van der Waals surface area contributed by atoms with Crippen LogP contribution in [0.1, 0.15) is 38.5 Å². The van der Waals surface area contributed by atoms with Gasteiger partial charge >= 0.3 is 5.97 Å². The maximum atomic E-state index is 10.5. The van der Waals surface area contributed by atoms with E-state index < -0.39 is 5.97 Å². The molecule has 0 aromatic heterocycles. The summed E-state index contributed by atoms with van der Waals surface area (Å²) < 4.78 is 5.03. The lowest BCUT2D eigenvalue weighted by atomic mass is 9.93. The van der Waals surface area contributed by atoms with Crippen LogP contribution in [0.2, 0.25) is 0 Å². The molecule has 4 heteroatoms. The SMILES string of the molecule is COCCCCN1CCCC(CCC(=O)O)C1. The summed E-state index contributed by atoms with van der Waals surface area (Å²) in [5.74, 6) is -0.0792. The summed E-state index contributed by atoms with van der Waals surface area (Å²) in [4.78, 5) is 13.0. The number of piperidine rings is 1. The molecule has 0 spiro atoms. The minimum atomic E-state index is -0.665. The molecule has 0 aliphatic carbocycles. The number of carboxylic acids is 1. The summed E-state index contributed by atoms with van der Waals surface area (Å²) in [5.41, 5.74) is 0. The second-order valence-corrected chi connectivity index (χ2v) is 4.94. The average Bonchev–Trinajstić information content (AvgIpc) is 2.33. The van der Waals surface area contributed by atoms with Crippen molar-refractivity contribution in [1.29, 1.82) is 0 Å². The van der Waals surface area contributed by atoms with E-state index in [2.05, 4.69) is 4.90 Å². The lowest BCUT2D eigenvalue weighted by Gasteiger charge is -2.32. The van der Waals surface area contributed by atoms with Crippen LogP contribution in [-0.4, -0.2) is 49.3 Å². The molecule has 17 heavy (non-hydrogen) atoms. The van der Waals surface area contributed by atoms with Crippen LogP contribution >= 0.6 is 0 Å². The summed E-state index contributed by atoms with van der Waals surface area (Å²) >= 11 is 0. The van der Waals surface area contributed by atoms with Crippen LogP contribution in [0.25, 0.3) is 0 Å². The van der Waals surface area contributed by atoms with E-state index in [1.165, 1.54) is 25.8 Å². The summed E-state index contributed by atoms with van der Waals surface area (Å²) in [6.07, 6.45) is 5.87. The highest BCUT2D eigenvalue weighted by Gasteiger charge is 2.19. The Balaban J connectivity index is 2.12. The molecule has 1 aliphatic rings. The van der Waals surface area contributed by atoms with Crippen molar-refractivity contribution in [2.24, 2.45) is 5.92 Å². The van der Waals surface area contributed by atoms with Gasteiger partial charge < -0.3 is 14.7 Å². The Morgan fingerprint density at radius 1 is 1.47 bits per heavy atom. The largest absolute Gasteiger partial charge is 0.481 e. The Morgan fingerprint density at radius 2 is 2.29 bits per heavy atom. The molecule has 0 amide bonds. The third kappa shape index (κ3) is 6.64. The minimum absolute atomic E-state index is 0.322. The van der Waals surface area contributed by atoms with Crippen molar-refractivity contribution in [3.05, 3.63) is 0 Å². The molecule has 1 heterocycles. The van der Waals surface area contributed by atoms with Gasteiger partial charge in [-0.05, 0) is 51.1 Å². The second-order valence-electron chi connectivity index (χ2n) is 4.94. The van der Waals surface area contributed by atoms with Crippen molar-refractivity contribution in [3.63, 3.8) is 0 Å². The van der Waals surface area contributed by atoms with E-state index in [-0.39, 0.29) is 0 Å². The van der Waals surface area contributed by atoms with Gasteiger partial charge in [-0.1, -0.05) is 0 Å². The minimum Gasteiger partial charge on any atom is -0.481 e. The van der Waals surface area contributed by atoms with Gasteiger partial charge in [-0.25, -0.2) is 0 Å².